The number of hydrogen-bond acceptors (Lipinski definition) is 5. The second kappa shape index (κ2) is 7.28. The molecule has 0 aliphatic carbocycles. The van der Waals surface area contributed by atoms with Crippen LogP contribution in [0, 0.1) is 5.41 Å². The molecule has 0 bridgehead atoms. The highest BCUT2D eigenvalue weighted by Crippen LogP contribution is 2.32. The van der Waals surface area contributed by atoms with Crippen molar-refractivity contribution in [3.05, 3.63) is 42.0 Å². The van der Waals surface area contributed by atoms with Crippen molar-refractivity contribution in [3.8, 4) is 5.75 Å². The summed E-state index contributed by atoms with van der Waals surface area (Å²) in [6.45, 7) is 6.22. The van der Waals surface area contributed by atoms with E-state index in [9.17, 15) is 4.79 Å². The van der Waals surface area contributed by atoms with Gasteiger partial charge in [-0.25, -0.2) is 0 Å². The second-order valence-corrected chi connectivity index (χ2v) is 7.51. The number of Topliss-reactive ketones (excluding diaryl/α,β-unsaturated/α-hetero) is 1. The SMILES string of the molecule is COc1ccc(C2OCC3OC(CC(=O)C(C)(C)C)C=CC3O2)cc1. The topological polar surface area (TPSA) is 54.0 Å². The minimum atomic E-state index is -0.423. The van der Waals surface area contributed by atoms with Gasteiger partial charge in [0.05, 0.1) is 19.8 Å². The molecular weight excluding hydrogens is 320 g/mol. The number of fused-ring (bicyclic) bond motifs is 1. The van der Waals surface area contributed by atoms with E-state index in [-0.39, 0.29) is 29.5 Å². The number of carbonyl (C=O) groups excluding carboxylic acids is 1. The maximum atomic E-state index is 12.2. The number of carbonyl (C=O) groups is 1. The summed E-state index contributed by atoms with van der Waals surface area (Å²) in [5.74, 6) is 0.985. The summed E-state index contributed by atoms with van der Waals surface area (Å²) in [6.07, 6.45) is 3.32. The van der Waals surface area contributed by atoms with E-state index in [1.807, 2.05) is 57.2 Å². The average molecular weight is 346 g/mol. The molecule has 4 unspecified atom stereocenters. The number of ketones is 1. The molecule has 2 aliphatic rings. The summed E-state index contributed by atoms with van der Waals surface area (Å²) in [5.41, 5.74) is 0.588. The number of hydrogen-bond donors (Lipinski definition) is 0. The van der Waals surface area contributed by atoms with Crippen LogP contribution < -0.4 is 4.74 Å². The maximum Gasteiger partial charge on any atom is 0.184 e. The van der Waals surface area contributed by atoms with Crippen molar-refractivity contribution in [3.63, 3.8) is 0 Å². The zero-order valence-corrected chi connectivity index (χ0v) is 15.2. The van der Waals surface area contributed by atoms with Crippen molar-refractivity contribution >= 4 is 5.78 Å². The normalized spacial score (nSPS) is 29.1. The molecule has 0 amide bonds. The molecule has 5 heteroatoms. The molecule has 2 heterocycles. The molecule has 0 aromatic heterocycles. The van der Waals surface area contributed by atoms with E-state index in [0.717, 1.165) is 11.3 Å². The van der Waals surface area contributed by atoms with Crippen LogP contribution >= 0.6 is 0 Å². The van der Waals surface area contributed by atoms with Crippen LogP contribution in [0.2, 0.25) is 0 Å². The Kier molecular flexibility index (Phi) is 5.27. The highest BCUT2D eigenvalue weighted by atomic mass is 16.7. The minimum absolute atomic E-state index is 0.165. The van der Waals surface area contributed by atoms with Gasteiger partial charge in [-0.05, 0) is 12.1 Å². The molecule has 4 atom stereocenters. The third-order valence-corrected chi connectivity index (χ3v) is 4.54. The van der Waals surface area contributed by atoms with E-state index in [0.29, 0.717) is 13.0 Å². The fourth-order valence-electron chi connectivity index (χ4n) is 2.88. The number of ether oxygens (including phenoxy) is 4. The van der Waals surface area contributed by atoms with Crippen molar-refractivity contribution in [2.45, 2.75) is 51.8 Å². The van der Waals surface area contributed by atoms with Crippen LogP contribution in [0.15, 0.2) is 36.4 Å². The van der Waals surface area contributed by atoms with Crippen LogP contribution in [-0.2, 0) is 19.0 Å². The third-order valence-electron chi connectivity index (χ3n) is 4.54. The molecule has 0 radical (unpaired) electrons. The van der Waals surface area contributed by atoms with Crippen LogP contribution in [0.25, 0.3) is 0 Å². The summed E-state index contributed by atoms with van der Waals surface area (Å²) in [5, 5.41) is 0. The first kappa shape index (κ1) is 18.1. The fourth-order valence-corrected chi connectivity index (χ4v) is 2.88. The molecule has 3 rings (SSSR count). The molecule has 1 aromatic carbocycles. The van der Waals surface area contributed by atoms with Gasteiger partial charge >= 0.3 is 0 Å². The quantitative estimate of drug-likeness (QED) is 0.782. The summed E-state index contributed by atoms with van der Waals surface area (Å²) < 4.78 is 23.0. The van der Waals surface area contributed by atoms with Gasteiger partial charge in [-0.1, -0.05) is 45.1 Å². The molecule has 0 N–H and O–H groups in total. The van der Waals surface area contributed by atoms with Crippen molar-refractivity contribution in [1.82, 2.24) is 0 Å². The Morgan fingerprint density at radius 1 is 1.16 bits per heavy atom. The molecule has 5 nitrogen and oxygen atoms in total. The lowest BCUT2D eigenvalue weighted by atomic mass is 9.87. The van der Waals surface area contributed by atoms with Crippen LogP contribution in [-0.4, -0.2) is 37.8 Å². The molecule has 1 aromatic rings. The average Bonchev–Trinajstić information content (AvgIpc) is 2.60. The first-order chi connectivity index (χ1) is 11.9. The van der Waals surface area contributed by atoms with Crippen LogP contribution in [0.5, 0.6) is 5.75 Å². The zero-order valence-electron chi connectivity index (χ0n) is 15.2. The number of rotatable bonds is 4. The summed E-state index contributed by atoms with van der Waals surface area (Å²) >= 11 is 0. The molecule has 2 aliphatic heterocycles. The van der Waals surface area contributed by atoms with Crippen molar-refractivity contribution in [2.24, 2.45) is 5.41 Å². The van der Waals surface area contributed by atoms with E-state index in [1.165, 1.54) is 0 Å². The van der Waals surface area contributed by atoms with Gasteiger partial charge in [-0.2, -0.15) is 0 Å². The summed E-state index contributed by atoms with van der Waals surface area (Å²) in [7, 11) is 1.64. The van der Waals surface area contributed by atoms with Gasteiger partial charge in [0.1, 0.15) is 23.7 Å². The Balaban J connectivity index is 1.61. The Morgan fingerprint density at radius 3 is 2.52 bits per heavy atom. The Labute approximate surface area is 148 Å². The number of methoxy groups -OCH3 is 1. The largest absolute Gasteiger partial charge is 0.497 e. The van der Waals surface area contributed by atoms with Gasteiger partial charge < -0.3 is 18.9 Å². The lowest BCUT2D eigenvalue weighted by Gasteiger charge is -2.39. The smallest absolute Gasteiger partial charge is 0.184 e. The lowest BCUT2D eigenvalue weighted by Crippen LogP contribution is -2.45. The number of benzene rings is 1. The zero-order chi connectivity index (χ0) is 18.0. The van der Waals surface area contributed by atoms with Crippen LogP contribution in [0.3, 0.4) is 0 Å². The van der Waals surface area contributed by atoms with Gasteiger partial charge in [-0.3, -0.25) is 4.79 Å². The van der Waals surface area contributed by atoms with E-state index in [4.69, 9.17) is 18.9 Å². The summed E-state index contributed by atoms with van der Waals surface area (Å²) in [6, 6.07) is 7.63. The van der Waals surface area contributed by atoms with Gasteiger partial charge in [-0.15, -0.1) is 0 Å². The van der Waals surface area contributed by atoms with Gasteiger partial charge in [0, 0.05) is 17.4 Å². The predicted molar refractivity (Wildman–Crippen MR) is 93.4 cm³/mol. The maximum absolute atomic E-state index is 12.2. The monoisotopic (exact) mass is 346 g/mol. The van der Waals surface area contributed by atoms with E-state index < -0.39 is 6.29 Å². The van der Waals surface area contributed by atoms with E-state index in [1.54, 1.807) is 7.11 Å². The first-order valence-electron chi connectivity index (χ1n) is 8.65. The molecule has 0 spiro atoms. The molecule has 136 valence electrons. The third kappa shape index (κ3) is 4.29. The molecule has 0 saturated carbocycles. The lowest BCUT2D eigenvalue weighted by molar-refractivity contribution is -0.262. The first-order valence-corrected chi connectivity index (χ1v) is 8.65. The van der Waals surface area contributed by atoms with Gasteiger partial charge in [0.25, 0.3) is 0 Å². The Hall–Kier alpha value is -1.69. The fraction of sp³-hybridized carbons (Fsp3) is 0.550. The van der Waals surface area contributed by atoms with E-state index >= 15 is 0 Å². The van der Waals surface area contributed by atoms with Crippen LogP contribution in [0.4, 0.5) is 0 Å². The molecular formula is C20H26O5. The van der Waals surface area contributed by atoms with Gasteiger partial charge in [0.2, 0.25) is 0 Å². The Bertz CT molecular complexity index is 628. The van der Waals surface area contributed by atoms with Crippen molar-refractivity contribution < 1.29 is 23.7 Å². The van der Waals surface area contributed by atoms with E-state index in [2.05, 4.69) is 0 Å². The molecule has 1 saturated heterocycles. The summed E-state index contributed by atoms with van der Waals surface area (Å²) in [4.78, 5) is 12.2. The molecule has 25 heavy (non-hydrogen) atoms. The molecule has 1 fully saturated rings. The Morgan fingerprint density at radius 2 is 1.88 bits per heavy atom. The minimum Gasteiger partial charge on any atom is -0.497 e. The van der Waals surface area contributed by atoms with Crippen LogP contribution in [0.1, 0.15) is 39.0 Å². The predicted octanol–water partition coefficient (Wildman–Crippen LogP) is 3.44. The van der Waals surface area contributed by atoms with Crippen molar-refractivity contribution in [2.75, 3.05) is 13.7 Å². The highest BCUT2D eigenvalue weighted by molar-refractivity contribution is 5.84. The van der Waals surface area contributed by atoms with Gasteiger partial charge in [0.15, 0.2) is 6.29 Å². The standard InChI is InChI=1S/C20H26O5/c1-20(2,3)18(21)11-15-9-10-16-17(24-15)12-23-19(25-16)13-5-7-14(22-4)8-6-13/h5-10,15-17,19H,11-12H2,1-4H3. The van der Waals surface area contributed by atoms with Crippen molar-refractivity contribution in [1.29, 1.82) is 0 Å². The second-order valence-electron chi connectivity index (χ2n) is 7.51. The highest BCUT2D eigenvalue weighted by Gasteiger charge is 2.37.